The minimum Gasteiger partial charge on any atom is -0.326 e. The Morgan fingerprint density at radius 3 is 2.67 bits per heavy atom. The number of nitrogens with one attached hydrogen (secondary N) is 1. The van der Waals surface area contributed by atoms with Gasteiger partial charge in [0.05, 0.1) is 0 Å². The van der Waals surface area contributed by atoms with Crippen molar-refractivity contribution in [3.05, 3.63) is 29.8 Å². The Bertz CT molecular complexity index is 653. The van der Waals surface area contributed by atoms with Gasteiger partial charge >= 0.3 is 0 Å². The number of nitrogens with zero attached hydrogens (tertiary/aromatic N) is 1. The zero-order chi connectivity index (χ0) is 16.1. The average molecular weight is 326 g/mol. The molecule has 1 N–H and O–H groups in total. The largest absolute Gasteiger partial charge is 0.326 e. The molecule has 1 aromatic rings. The second-order valence-corrected chi connectivity index (χ2v) is 8.65. The third-order valence-corrected chi connectivity index (χ3v) is 7.53. The van der Waals surface area contributed by atoms with Gasteiger partial charge in [-0.2, -0.15) is 0 Å². The highest BCUT2D eigenvalue weighted by molar-refractivity contribution is 5.92. The molecule has 5 rings (SSSR count). The molecule has 2 saturated carbocycles. The van der Waals surface area contributed by atoms with E-state index < -0.39 is 0 Å². The van der Waals surface area contributed by atoms with Crippen LogP contribution < -0.4 is 5.32 Å². The Morgan fingerprint density at radius 2 is 1.92 bits per heavy atom. The second kappa shape index (κ2) is 5.59. The molecule has 0 radical (unpaired) electrons. The molecule has 1 saturated heterocycles. The molecule has 4 aliphatic rings. The lowest BCUT2D eigenvalue weighted by atomic mass is 9.69. The number of amides is 1. The summed E-state index contributed by atoms with van der Waals surface area (Å²) in [5.41, 5.74) is 2.67. The van der Waals surface area contributed by atoms with Crippen molar-refractivity contribution in [2.75, 3.05) is 18.4 Å². The van der Waals surface area contributed by atoms with Crippen LogP contribution in [0.25, 0.3) is 0 Å². The van der Waals surface area contributed by atoms with Crippen molar-refractivity contribution < 1.29 is 6.22 Å². The molecule has 2 aliphatic heterocycles. The number of para-hydroxylation sites is 1. The normalized spacial score (nSPS) is 34.8. The molecule has 3 fully saturated rings. The highest BCUT2D eigenvalue weighted by atomic mass is 16.1. The minimum absolute atomic E-state index is 0. The molecule has 130 valence electrons. The number of piperidine rings is 1. The molecule has 2 aliphatic carbocycles. The number of anilines is 1. The molecule has 0 aromatic heterocycles. The molecule has 3 nitrogen and oxygen atoms in total. The van der Waals surface area contributed by atoms with Gasteiger partial charge in [-0.05, 0) is 75.1 Å². The summed E-state index contributed by atoms with van der Waals surface area (Å²) in [6.45, 7) is 2.44. The first-order valence-corrected chi connectivity index (χ1v) is 9.87. The summed E-state index contributed by atoms with van der Waals surface area (Å²) in [6.07, 6.45) is 10.0. The lowest BCUT2D eigenvalue weighted by molar-refractivity contribution is -0.116. The Kier molecular flexibility index (Phi) is 3.48. The molecule has 1 unspecified atom stereocenters. The van der Waals surface area contributed by atoms with Crippen molar-refractivity contribution in [2.24, 2.45) is 11.8 Å². The van der Waals surface area contributed by atoms with E-state index >= 15 is 0 Å². The first-order valence-electron chi connectivity index (χ1n) is 9.87. The van der Waals surface area contributed by atoms with Crippen molar-refractivity contribution in [1.82, 2.24) is 4.90 Å². The van der Waals surface area contributed by atoms with Gasteiger partial charge in [-0.1, -0.05) is 24.6 Å². The van der Waals surface area contributed by atoms with Crippen LogP contribution in [0.15, 0.2) is 24.3 Å². The number of likely N-dealkylation sites (tertiary alicyclic amines) is 1. The summed E-state index contributed by atoms with van der Waals surface area (Å²) in [6, 6.07) is 9.39. The van der Waals surface area contributed by atoms with E-state index in [4.69, 9.17) is 0 Å². The van der Waals surface area contributed by atoms with Gasteiger partial charge in [0.2, 0.25) is 5.91 Å². The van der Waals surface area contributed by atoms with E-state index in [1.54, 1.807) is 0 Å². The lowest BCUT2D eigenvalue weighted by Crippen LogP contribution is -2.48. The third-order valence-electron chi connectivity index (χ3n) is 7.53. The Labute approximate surface area is 146 Å². The zero-order valence-electron chi connectivity index (χ0n) is 14.5. The maximum absolute atomic E-state index is 12.1. The zero-order valence-corrected chi connectivity index (χ0v) is 14.5. The van der Waals surface area contributed by atoms with E-state index in [2.05, 4.69) is 28.4 Å². The molecule has 1 aromatic carbocycles. The summed E-state index contributed by atoms with van der Waals surface area (Å²) >= 11 is 0. The van der Waals surface area contributed by atoms with Crippen LogP contribution in [-0.4, -0.2) is 29.9 Å². The summed E-state index contributed by atoms with van der Waals surface area (Å²) in [5.74, 6) is 2.19. The van der Waals surface area contributed by atoms with Gasteiger partial charge in [0.1, 0.15) is 0 Å². The molecule has 2 bridgehead atoms. The SMILES string of the molecule is O=C1CCC2(CCN(C3C[C@@H]4CC[C@@H]3C4)CC2)c2ccccc2N1.[HH]. The molecule has 24 heavy (non-hydrogen) atoms. The molecule has 2 heterocycles. The Balaban J connectivity index is 0.00000157. The monoisotopic (exact) mass is 326 g/mol. The van der Waals surface area contributed by atoms with Gasteiger partial charge < -0.3 is 10.2 Å². The Hall–Kier alpha value is -1.35. The van der Waals surface area contributed by atoms with Gasteiger partial charge in [0.25, 0.3) is 0 Å². The van der Waals surface area contributed by atoms with E-state index in [1.807, 2.05) is 6.07 Å². The maximum Gasteiger partial charge on any atom is 0.224 e. The topological polar surface area (TPSA) is 32.3 Å². The summed E-state index contributed by atoms with van der Waals surface area (Å²) < 4.78 is 0. The molecule has 3 heteroatoms. The van der Waals surface area contributed by atoms with Crippen LogP contribution in [0.3, 0.4) is 0 Å². The van der Waals surface area contributed by atoms with E-state index in [-0.39, 0.29) is 12.7 Å². The number of hydrogen-bond donors (Lipinski definition) is 1. The van der Waals surface area contributed by atoms with E-state index in [0.29, 0.717) is 6.42 Å². The van der Waals surface area contributed by atoms with Crippen LogP contribution >= 0.6 is 0 Å². The van der Waals surface area contributed by atoms with E-state index in [0.717, 1.165) is 30.0 Å². The average Bonchev–Trinajstić information content (AvgIpc) is 3.21. The van der Waals surface area contributed by atoms with Crippen LogP contribution in [0.1, 0.15) is 58.4 Å². The van der Waals surface area contributed by atoms with Gasteiger partial charge in [-0.25, -0.2) is 0 Å². The van der Waals surface area contributed by atoms with Crippen molar-refractivity contribution in [3.63, 3.8) is 0 Å². The van der Waals surface area contributed by atoms with Gasteiger partial charge in [-0.15, -0.1) is 0 Å². The smallest absolute Gasteiger partial charge is 0.224 e. The minimum atomic E-state index is 0. The highest BCUT2D eigenvalue weighted by Gasteiger charge is 2.46. The predicted octanol–water partition coefficient (Wildman–Crippen LogP) is 4.19. The van der Waals surface area contributed by atoms with Gasteiger partial charge in [0, 0.05) is 25.0 Å². The highest BCUT2D eigenvalue weighted by Crippen LogP contribution is 2.50. The van der Waals surface area contributed by atoms with Crippen LogP contribution in [-0.2, 0) is 10.2 Å². The van der Waals surface area contributed by atoms with Crippen LogP contribution in [0, 0.1) is 11.8 Å². The van der Waals surface area contributed by atoms with Gasteiger partial charge in [-0.3, -0.25) is 4.79 Å². The van der Waals surface area contributed by atoms with E-state index in [9.17, 15) is 4.79 Å². The first kappa shape index (κ1) is 14.9. The summed E-state index contributed by atoms with van der Waals surface area (Å²) in [5, 5.41) is 3.13. The van der Waals surface area contributed by atoms with E-state index in [1.165, 1.54) is 57.2 Å². The summed E-state index contributed by atoms with van der Waals surface area (Å²) in [7, 11) is 0. The molecular formula is C21H30N2O. The van der Waals surface area contributed by atoms with Crippen LogP contribution in [0.4, 0.5) is 5.69 Å². The number of carbonyl (C=O) groups excluding carboxylic acids is 1. The summed E-state index contributed by atoms with van der Waals surface area (Å²) in [4.78, 5) is 14.9. The maximum atomic E-state index is 12.1. The first-order chi connectivity index (χ1) is 11.7. The van der Waals surface area contributed by atoms with Crippen molar-refractivity contribution in [3.8, 4) is 0 Å². The predicted molar refractivity (Wildman–Crippen MR) is 98.1 cm³/mol. The van der Waals surface area contributed by atoms with Crippen molar-refractivity contribution in [2.45, 2.75) is 62.8 Å². The number of rotatable bonds is 1. The van der Waals surface area contributed by atoms with Crippen molar-refractivity contribution in [1.29, 1.82) is 0 Å². The quantitative estimate of drug-likeness (QED) is 0.839. The Morgan fingerprint density at radius 1 is 1.08 bits per heavy atom. The second-order valence-electron chi connectivity index (χ2n) is 8.65. The molecule has 1 spiro atoms. The van der Waals surface area contributed by atoms with Crippen LogP contribution in [0.2, 0.25) is 0 Å². The number of hydrogen-bond acceptors (Lipinski definition) is 2. The molecule has 1 amide bonds. The standard InChI is InChI=1S/C21H28N2O.H2/c24-20-7-8-21(17-3-1-2-4-18(17)22-20)9-11-23(12-10-21)19-14-15-5-6-16(19)13-15;/h1-4,15-16,19H,5-14H2,(H,22,24);1H/t15-,16-,19?;/m1./s1. The van der Waals surface area contributed by atoms with Crippen molar-refractivity contribution >= 4 is 11.6 Å². The number of carbonyl (C=O) groups is 1. The van der Waals surface area contributed by atoms with Gasteiger partial charge in [0.15, 0.2) is 0 Å². The fourth-order valence-corrected chi connectivity index (χ4v) is 6.22. The van der Waals surface area contributed by atoms with Crippen LogP contribution in [0.5, 0.6) is 0 Å². The number of fused-ring (bicyclic) bond motifs is 4. The molecule has 3 atom stereocenters. The third kappa shape index (κ3) is 2.32. The number of benzene rings is 1. The molecular weight excluding hydrogens is 296 g/mol. The lowest BCUT2D eigenvalue weighted by Gasteiger charge is -2.46. The fraction of sp³-hybridized carbons (Fsp3) is 0.667. The fourth-order valence-electron chi connectivity index (χ4n) is 6.22.